The van der Waals surface area contributed by atoms with Crippen molar-refractivity contribution in [2.45, 2.75) is 46.1 Å². The third-order valence-corrected chi connectivity index (χ3v) is 6.63. The minimum atomic E-state index is 0.0682. The van der Waals surface area contributed by atoms with Crippen molar-refractivity contribution in [1.82, 2.24) is 9.55 Å². The number of benzene rings is 3. The van der Waals surface area contributed by atoms with E-state index in [-0.39, 0.29) is 11.8 Å². The number of para-hydroxylation sites is 2. The van der Waals surface area contributed by atoms with Crippen molar-refractivity contribution in [2.24, 2.45) is 0 Å². The second kappa shape index (κ2) is 9.34. The number of ether oxygens (including phenoxy) is 1. The third kappa shape index (κ3) is 4.43. The Balaban J connectivity index is 1.35. The van der Waals surface area contributed by atoms with E-state index in [1.54, 1.807) is 0 Å². The molecule has 1 saturated heterocycles. The lowest BCUT2D eigenvalue weighted by Crippen LogP contribution is -2.25. The molecule has 174 valence electrons. The summed E-state index contributed by atoms with van der Waals surface area (Å²) < 4.78 is 8.24. The van der Waals surface area contributed by atoms with E-state index in [0.29, 0.717) is 19.6 Å². The van der Waals surface area contributed by atoms with Gasteiger partial charge in [0.1, 0.15) is 11.6 Å². The van der Waals surface area contributed by atoms with Crippen molar-refractivity contribution >= 4 is 22.6 Å². The van der Waals surface area contributed by atoms with Gasteiger partial charge in [0.2, 0.25) is 5.91 Å². The number of imidazole rings is 1. The molecule has 0 radical (unpaired) electrons. The Bertz CT molecular complexity index is 1320. The van der Waals surface area contributed by atoms with Gasteiger partial charge in [-0.25, -0.2) is 4.98 Å². The molecule has 34 heavy (non-hydrogen) atoms. The topological polar surface area (TPSA) is 47.4 Å². The summed E-state index contributed by atoms with van der Waals surface area (Å²) in [6.07, 6.45) is 1.35. The van der Waals surface area contributed by atoms with Gasteiger partial charge in [0, 0.05) is 31.1 Å². The van der Waals surface area contributed by atoms with Gasteiger partial charge < -0.3 is 14.2 Å². The van der Waals surface area contributed by atoms with E-state index in [1.807, 2.05) is 23.1 Å². The summed E-state index contributed by atoms with van der Waals surface area (Å²) in [5.74, 6) is 2.13. The van der Waals surface area contributed by atoms with Crippen LogP contribution in [0.4, 0.5) is 5.69 Å². The van der Waals surface area contributed by atoms with Crippen molar-refractivity contribution in [3.8, 4) is 5.75 Å². The first-order chi connectivity index (χ1) is 16.5. The minimum Gasteiger partial charge on any atom is -0.494 e. The zero-order valence-corrected chi connectivity index (χ0v) is 20.1. The van der Waals surface area contributed by atoms with Crippen LogP contribution in [0.15, 0.2) is 66.7 Å². The zero-order valence-electron chi connectivity index (χ0n) is 20.1. The van der Waals surface area contributed by atoms with Gasteiger partial charge >= 0.3 is 0 Å². The molecule has 0 N–H and O–H groups in total. The minimum absolute atomic E-state index is 0.0682. The summed E-state index contributed by atoms with van der Waals surface area (Å²) in [5.41, 5.74) is 6.67. The van der Waals surface area contributed by atoms with E-state index in [2.05, 4.69) is 73.9 Å². The molecule has 2 heterocycles. The molecule has 0 bridgehead atoms. The molecule has 5 nitrogen and oxygen atoms in total. The Labute approximate surface area is 201 Å². The number of carbonyl (C=O) groups is 1. The fourth-order valence-electron chi connectivity index (χ4n) is 4.91. The van der Waals surface area contributed by atoms with Crippen LogP contribution < -0.4 is 9.64 Å². The van der Waals surface area contributed by atoms with Crippen molar-refractivity contribution in [1.29, 1.82) is 0 Å². The largest absolute Gasteiger partial charge is 0.494 e. The van der Waals surface area contributed by atoms with E-state index in [1.165, 1.54) is 11.1 Å². The van der Waals surface area contributed by atoms with Gasteiger partial charge in [-0.1, -0.05) is 47.5 Å². The second-order valence-corrected chi connectivity index (χ2v) is 9.32. The molecule has 0 saturated carbocycles. The molecule has 0 aliphatic carbocycles. The highest BCUT2D eigenvalue weighted by atomic mass is 16.5. The number of aromatic nitrogens is 2. The monoisotopic (exact) mass is 453 g/mol. The second-order valence-electron chi connectivity index (χ2n) is 9.32. The number of amides is 1. The third-order valence-electron chi connectivity index (χ3n) is 6.63. The smallest absolute Gasteiger partial charge is 0.227 e. The highest BCUT2D eigenvalue weighted by molar-refractivity contribution is 5.97. The molecule has 3 aromatic carbocycles. The van der Waals surface area contributed by atoms with Crippen LogP contribution in [-0.4, -0.2) is 28.6 Å². The van der Waals surface area contributed by atoms with Crippen molar-refractivity contribution in [2.75, 3.05) is 18.1 Å². The summed E-state index contributed by atoms with van der Waals surface area (Å²) in [7, 11) is 0. The molecule has 4 aromatic rings. The van der Waals surface area contributed by atoms with E-state index >= 15 is 0 Å². The number of nitrogens with zero attached hydrogens (tertiary/aromatic N) is 3. The first-order valence-electron chi connectivity index (χ1n) is 12.0. The van der Waals surface area contributed by atoms with Gasteiger partial charge in [0.15, 0.2) is 0 Å². The molecular formula is C29H31N3O2. The summed E-state index contributed by atoms with van der Waals surface area (Å²) in [6.45, 7) is 8.32. The van der Waals surface area contributed by atoms with Crippen molar-refractivity contribution in [3.05, 3.63) is 89.2 Å². The van der Waals surface area contributed by atoms with Gasteiger partial charge in [-0.2, -0.15) is 0 Å². The fourth-order valence-corrected chi connectivity index (χ4v) is 4.91. The maximum Gasteiger partial charge on any atom is 0.227 e. The maximum atomic E-state index is 13.0. The quantitative estimate of drug-likeness (QED) is 0.325. The number of hydrogen-bond donors (Lipinski definition) is 0. The summed E-state index contributed by atoms with van der Waals surface area (Å²) in [5, 5.41) is 0. The molecular weight excluding hydrogens is 422 g/mol. The molecule has 5 rings (SSSR count). The van der Waals surface area contributed by atoms with Crippen molar-refractivity contribution < 1.29 is 9.53 Å². The van der Waals surface area contributed by atoms with Gasteiger partial charge in [0.25, 0.3) is 0 Å². The average Bonchev–Trinajstić information content (AvgIpc) is 3.38. The Kier molecular flexibility index (Phi) is 6.10. The Morgan fingerprint density at radius 2 is 1.74 bits per heavy atom. The Morgan fingerprint density at radius 1 is 0.971 bits per heavy atom. The van der Waals surface area contributed by atoms with E-state index in [0.717, 1.165) is 46.8 Å². The lowest BCUT2D eigenvalue weighted by molar-refractivity contribution is -0.117. The number of anilines is 1. The zero-order chi connectivity index (χ0) is 23.7. The molecule has 1 aliphatic heterocycles. The fraction of sp³-hybridized carbons (Fsp3) is 0.310. The predicted octanol–water partition coefficient (Wildman–Crippen LogP) is 5.95. The molecule has 1 aromatic heterocycles. The van der Waals surface area contributed by atoms with Crippen LogP contribution in [0.3, 0.4) is 0 Å². The highest BCUT2D eigenvalue weighted by Crippen LogP contribution is 2.34. The van der Waals surface area contributed by atoms with Gasteiger partial charge in [-0.05, 0) is 63.1 Å². The van der Waals surface area contributed by atoms with Crippen LogP contribution in [0.5, 0.6) is 5.75 Å². The maximum absolute atomic E-state index is 13.0. The summed E-state index contributed by atoms with van der Waals surface area (Å²) >= 11 is 0. The van der Waals surface area contributed by atoms with E-state index in [4.69, 9.17) is 9.72 Å². The van der Waals surface area contributed by atoms with Crippen LogP contribution in [-0.2, 0) is 11.3 Å². The van der Waals surface area contributed by atoms with Gasteiger partial charge in [0.05, 0.1) is 17.6 Å². The first-order valence-corrected chi connectivity index (χ1v) is 12.0. The SMILES string of the molecule is Cc1ccc(OCCCn2c([C@@H]3CC(=O)N(c4ccc(C)cc4C)C3)nc3ccccc32)cc1. The highest BCUT2D eigenvalue weighted by Gasteiger charge is 2.35. The van der Waals surface area contributed by atoms with E-state index in [9.17, 15) is 4.79 Å². The van der Waals surface area contributed by atoms with Gasteiger partial charge in [-0.3, -0.25) is 4.79 Å². The number of aryl methyl sites for hydroxylation is 4. The van der Waals surface area contributed by atoms with E-state index < -0.39 is 0 Å². The molecule has 1 atom stereocenters. The predicted molar refractivity (Wildman–Crippen MR) is 137 cm³/mol. The number of rotatable bonds is 7. The molecule has 1 amide bonds. The Hall–Kier alpha value is -3.60. The van der Waals surface area contributed by atoms with Crippen LogP contribution in [0.2, 0.25) is 0 Å². The normalized spacial score (nSPS) is 15.9. The van der Waals surface area contributed by atoms with Crippen LogP contribution >= 0.6 is 0 Å². The first kappa shape index (κ1) is 22.2. The van der Waals surface area contributed by atoms with Crippen LogP contribution in [0.1, 0.15) is 41.3 Å². The van der Waals surface area contributed by atoms with Crippen LogP contribution in [0, 0.1) is 20.8 Å². The van der Waals surface area contributed by atoms with Gasteiger partial charge in [-0.15, -0.1) is 0 Å². The molecule has 1 aliphatic rings. The number of carbonyl (C=O) groups excluding carboxylic acids is 1. The molecule has 0 spiro atoms. The number of hydrogen-bond acceptors (Lipinski definition) is 3. The summed E-state index contributed by atoms with van der Waals surface area (Å²) in [6, 6.07) is 22.7. The molecule has 5 heteroatoms. The molecule has 1 fully saturated rings. The molecule has 0 unspecified atom stereocenters. The average molecular weight is 454 g/mol. The standard InChI is InChI=1S/C29H31N3O2/c1-20-9-12-24(13-10-20)34-16-6-15-31-27-8-5-4-7-25(27)30-29(31)23-18-28(33)32(19-23)26-14-11-21(2)17-22(26)3/h4-5,7-14,17,23H,6,15-16,18-19H2,1-3H3/t23-/m1/s1. The lowest BCUT2D eigenvalue weighted by atomic mass is 10.1. The van der Waals surface area contributed by atoms with Crippen molar-refractivity contribution in [3.63, 3.8) is 0 Å². The summed E-state index contributed by atoms with van der Waals surface area (Å²) in [4.78, 5) is 19.9. The lowest BCUT2D eigenvalue weighted by Gasteiger charge is -2.20. The number of fused-ring (bicyclic) bond motifs is 1. The Morgan fingerprint density at radius 3 is 2.53 bits per heavy atom. The van der Waals surface area contributed by atoms with Crippen LogP contribution in [0.25, 0.3) is 11.0 Å².